The van der Waals surface area contributed by atoms with Crippen molar-refractivity contribution in [2.75, 3.05) is 5.32 Å². The van der Waals surface area contributed by atoms with E-state index in [9.17, 15) is 0 Å². The zero-order valence-corrected chi connectivity index (χ0v) is 12.9. The molecule has 1 saturated carbocycles. The Bertz CT molecular complexity index is 603. The molecule has 0 amide bonds. The van der Waals surface area contributed by atoms with Crippen LogP contribution in [0.5, 0.6) is 0 Å². The smallest absolute Gasteiger partial charge is 0.0542 e. The third-order valence-corrected chi connectivity index (χ3v) is 4.31. The third-order valence-electron chi connectivity index (χ3n) is 3.82. The van der Waals surface area contributed by atoms with Gasteiger partial charge in [0.15, 0.2) is 0 Å². The van der Waals surface area contributed by atoms with Crippen molar-refractivity contribution in [1.29, 1.82) is 0 Å². The fourth-order valence-electron chi connectivity index (χ4n) is 2.53. The van der Waals surface area contributed by atoms with E-state index >= 15 is 0 Å². The van der Waals surface area contributed by atoms with Gasteiger partial charge in [0.2, 0.25) is 0 Å². The average molecular weight is 306 g/mol. The van der Waals surface area contributed by atoms with Crippen LogP contribution in [0.1, 0.15) is 30.0 Å². The minimum absolute atomic E-state index is 0.354. The second-order valence-electron chi connectivity index (χ2n) is 5.47. The van der Waals surface area contributed by atoms with Gasteiger partial charge in [0.1, 0.15) is 0 Å². The highest BCUT2D eigenvalue weighted by Crippen LogP contribution is 2.43. The summed E-state index contributed by atoms with van der Waals surface area (Å²) in [5, 5.41) is 5.23. The van der Waals surface area contributed by atoms with E-state index in [4.69, 9.17) is 23.2 Å². The van der Waals surface area contributed by atoms with E-state index in [-0.39, 0.29) is 0 Å². The van der Waals surface area contributed by atoms with Crippen LogP contribution in [0, 0.1) is 12.8 Å². The van der Waals surface area contributed by atoms with Crippen LogP contribution in [0.15, 0.2) is 42.5 Å². The van der Waals surface area contributed by atoms with Crippen LogP contribution in [0.25, 0.3) is 0 Å². The number of aryl methyl sites for hydroxylation is 1. The first kappa shape index (κ1) is 13.8. The van der Waals surface area contributed by atoms with Gasteiger partial charge in [-0.3, -0.25) is 0 Å². The summed E-state index contributed by atoms with van der Waals surface area (Å²) < 4.78 is 0. The number of nitrogens with one attached hydrogen (secondary N) is 1. The predicted molar refractivity (Wildman–Crippen MR) is 86.7 cm³/mol. The maximum absolute atomic E-state index is 6.02. The van der Waals surface area contributed by atoms with Crippen LogP contribution in [0.3, 0.4) is 0 Å². The Morgan fingerprint density at radius 2 is 1.65 bits per heavy atom. The Hall–Kier alpha value is -1.18. The van der Waals surface area contributed by atoms with Crippen molar-refractivity contribution in [3.8, 4) is 0 Å². The van der Waals surface area contributed by atoms with Gasteiger partial charge in [-0.15, -0.1) is 0 Å². The molecule has 3 heteroatoms. The summed E-state index contributed by atoms with van der Waals surface area (Å²) in [5.74, 6) is 0.714. The normalized spacial score (nSPS) is 15.9. The minimum Gasteiger partial charge on any atom is -0.378 e. The van der Waals surface area contributed by atoms with E-state index in [1.807, 2.05) is 24.3 Å². The lowest BCUT2D eigenvalue weighted by atomic mass is 10.0. The zero-order chi connectivity index (χ0) is 14.1. The minimum atomic E-state index is 0.354. The van der Waals surface area contributed by atoms with Gasteiger partial charge in [0.05, 0.1) is 6.04 Å². The number of anilines is 1. The highest BCUT2D eigenvalue weighted by Gasteiger charge is 2.32. The standard InChI is InChI=1S/C17H17Cl2N/c1-11-10-15(19)8-9-16(11)20-17(12-2-3-12)13-4-6-14(18)7-5-13/h4-10,12,17,20H,2-3H2,1H3. The first-order valence-electron chi connectivity index (χ1n) is 6.91. The van der Waals surface area contributed by atoms with Crippen LogP contribution in [0.4, 0.5) is 5.69 Å². The summed E-state index contributed by atoms with van der Waals surface area (Å²) in [4.78, 5) is 0. The molecule has 0 aromatic heterocycles. The van der Waals surface area contributed by atoms with E-state index in [1.165, 1.54) is 24.0 Å². The molecule has 0 bridgehead atoms. The van der Waals surface area contributed by atoms with Crippen LogP contribution in [-0.4, -0.2) is 0 Å². The van der Waals surface area contributed by atoms with Crippen molar-refractivity contribution in [3.05, 3.63) is 63.6 Å². The van der Waals surface area contributed by atoms with Crippen LogP contribution < -0.4 is 5.32 Å². The fourth-order valence-corrected chi connectivity index (χ4v) is 2.88. The van der Waals surface area contributed by atoms with Gasteiger partial charge in [-0.05, 0) is 67.1 Å². The summed E-state index contributed by atoms with van der Waals surface area (Å²) in [6, 6.07) is 14.5. The maximum Gasteiger partial charge on any atom is 0.0542 e. The lowest BCUT2D eigenvalue weighted by molar-refractivity contribution is 0.678. The summed E-state index contributed by atoms with van der Waals surface area (Å²) in [6.45, 7) is 2.08. The second kappa shape index (κ2) is 5.67. The quantitative estimate of drug-likeness (QED) is 0.745. The molecular weight excluding hydrogens is 289 g/mol. The summed E-state index contributed by atoms with van der Waals surface area (Å²) >= 11 is 12.0. The lowest BCUT2D eigenvalue weighted by Crippen LogP contribution is -2.13. The molecule has 1 unspecified atom stereocenters. The molecule has 0 spiro atoms. The van der Waals surface area contributed by atoms with Gasteiger partial charge in [-0.1, -0.05) is 35.3 Å². The molecule has 0 radical (unpaired) electrons. The number of hydrogen-bond donors (Lipinski definition) is 1. The molecule has 20 heavy (non-hydrogen) atoms. The topological polar surface area (TPSA) is 12.0 Å². The molecular formula is C17H17Cl2N. The summed E-state index contributed by atoms with van der Waals surface area (Å²) in [7, 11) is 0. The van der Waals surface area contributed by atoms with Gasteiger partial charge < -0.3 is 5.32 Å². The lowest BCUT2D eigenvalue weighted by Gasteiger charge is -2.21. The van der Waals surface area contributed by atoms with Crippen molar-refractivity contribution in [2.24, 2.45) is 5.92 Å². The first-order valence-corrected chi connectivity index (χ1v) is 7.67. The van der Waals surface area contributed by atoms with Gasteiger partial charge in [-0.25, -0.2) is 0 Å². The third kappa shape index (κ3) is 3.11. The fraction of sp³-hybridized carbons (Fsp3) is 0.294. The van der Waals surface area contributed by atoms with E-state index in [0.29, 0.717) is 12.0 Å². The van der Waals surface area contributed by atoms with E-state index < -0.39 is 0 Å². The number of benzene rings is 2. The summed E-state index contributed by atoms with van der Waals surface area (Å²) in [6.07, 6.45) is 2.57. The molecule has 0 heterocycles. The molecule has 104 valence electrons. The molecule has 2 aromatic rings. The Balaban J connectivity index is 1.86. The van der Waals surface area contributed by atoms with E-state index in [1.54, 1.807) is 0 Å². The van der Waals surface area contributed by atoms with Crippen molar-refractivity contribution in [1.82, 2.24) is 0 Å². The molecule has 2 aromatic carbocycles. The molecule has 1 N–H and O–H groups in total. The number of hydrogen-bond acceptors (Lipinski definition) is 1. The molecule has 1 nitrogen and oxygen atoms in total. The second-order valence-corrected chi connectivity index (χ2v) is 6.34. The van der Waals surface area contributed by atoms with E-state index in [0.717, 1.165) is 15.7 Å². The Morgan fingerprint density at radius 3 is 2.25 bits per heavy atom. The van der Waals surface area contributed by atoms with Crippen molar-refractivity contribution >= 4 is 28.9 Å². The highest BCUT2D eigenvalue weighted by molar-refractivity contribution is 6.30. The highest BCUT2D eigenvalue weighted by atomic mass is 35.5. The first-order chi connectivity index (χ1) is 9.63. The predicted octanol–water partition coefficient (Wildman–Crippen LogP) is 5.87. The van der Waals surface area contributed by atoms with Crippen molar-refractivity contribution in [2.45, 2.75) is 25.8 Å². The van der Waals surface area contributed by atoms with Crippen LogP contribution >= 0.6 is 23.2 Å². The van der Waals surface area contributed by atoms with Gasteiger partial charge >= 0.3 is 0 Å². The van der Waals surface area contributed by atoms with E-state index in [2.05, 4.69) is 30.4 Å². The zero-order valence-electron chi connectivity index (χ0n) is 11.4. The Labute approximate surface area is 129 Å². The average Bonchev–Trinajstić information content (AvgIpc) is 3.24. The largest absolute Gasteiger partial charge is 0.378 e. The monoisotopic (exact) mass is 305 g/mol. The Kier molecular flexibility index (Phi) is 3.91. The molecule has 3 rings (SSSR count). The van der Waals surface area contributed by atoms with Crippen molar-refractivity contribution < 1.29 is 0 Å². The van der Waals surface area contributed by atoms with Gasteiger partial charge in [0.25, 0.3) is 0 Å². The molecule has 1 fully saturated rings. The summed E-state index contributed by atoms with van der Waals surface area (Å²) in [5.41, 5.74) is 3.63. The number of rotatable bonds is 4. The van der Waals surface area contributed by atoms with Gasteiger partial charge in [-0.2, -0.15) is 0 Å². The van der Waals surface area contributed by atoms with Crippen LogP contribution in [0.2, 0.25) is 10.0 Å². The number of halogens is 2. The van der Waals surface area contributed by atoms with Crippen LogP contribution in [-0.2, 0) is 0 Å². The molecule has 1 aliphatic carbocycles. The Morgan fingerprint density at radius 1 is 1.00 bits per heavy atom. The SMILES string of the molecule is Cc1cc(Cl)ccc1NC(c1ccc(Cl)cc1)C1CC1. The molecule has 1 aliphatic rings. The molecule has 0 saturated heterocycles. The molecule has 1 atom stereocenters. The van der Waals surface area contributed by atoms with Crippen molar-refractivity contribution in [3.63, 3.8) is 0 Å². The maximum atomic E-state index is 6.02. The van der Waals surface area contributed by atoms with Gasteiger partial charge in [0, 0.05) is 15.7 Å². The molecule has 0 aliphatic heterocycles.